The van der Waals surface area contributed by atoms with Crippen molar-refractivity contribution in [1.29, 1.82) is 0 Å². The lowest BCUT2D eigenvalue weighted by Crippen LogP contribution is -2.37. The quantitative estimate of drug-likeness (QED) is 0.809. The number of hydrogen-bond acceptors (Lipinski definition) is 3. The van der Waals surface area contributed by atoms with Crippen molar-refractivity contribution in [1.82, 2.24) is 9.80 Å². The molecule has 2 amide bonds. The molecule has 3 heterocycles. The summed E-state index contributed by atoms with van der Waals surface area (Å²) in [5.74, 6) is 0.0874. The molecule has 1 fully saturated rings. The minimum Gasteiger partial charge on any atom is -0.336 e. The van der Waals surface area contributed by atoms with Gasteiger partial charge in [-0.3, -0.25) is 9.59 Å². The van der Waals surface area contributed by atoms with Gasteiger partial charge in [0.05, 0.1) is 18.5 Å². The summed E-state index contributed by atoms with van der Waals surface area (Å²) < 4.78 is 0. The molecule has 26 heavy (non-hydrogen) atoms. The smallest absolute Gasteiger partial charge is 0.225 e. The van der Waals surface area contributed by atoms with Crippen LogP contribution in [0.15, 0.2) is 47.3 Å². The zero-order chi connectivity index (χ0) is 18.1. The Bertz CT molecular complexity index is 843. The van der Waals surface area contributed by atoms with Crippen LogP contribution in [0.5, 0.6) is 0 Å². The second-order valence-corrected chi connectivity index (χ2v) is 7.67. The molecule has 2 aromatic rings. The third-order valence-corrected chi connectivity index (χ3v) is 6.04. The average Bonchev–Trinajstić information content (AvgIpc) is 3.32. The Morgan fingerprint density at radius 2 is 2.08 bits per heavy atom. The second kappa shape index (κ2) is 7.08. The fourth-order valence-electron chi connectivity index (χ4n) is 4.07. The van der Waals surface area contributed by atoms with Crippen LogP contribution in [0.1, 0.15) is 55.0 Å². The first kappa shape index (κ1) is 17.0. The molecule has 1 aromatic heterocycles. The molecule has 2 aliphatic heterocycles. The number of benzene rings is 1. The maximum absolute atomic E-state index is 13.2. The molecule has 0 bridgehead atoms. The normalized spacial score (nSPS) is 21.7. The number of fused-ring (bicyclic) bond motifs is 1. The second-order valence-electron chi connectivity index (χ2n) is 6.89. The number of hydrogen-bond donors (Lipinski definition) is 0. The van der Waals surface area contributed by atoms with Gasteiger partial charge < -0.3 is 9.80 Å². The molecule has 0 radical (unpaired) electrons. The molecule has 0 N–H and O–H groups in total. The summed E-state index contributed by atoms with van der Waals surface area (Å²) in [5, 5.41) is 4.20. The van der Waals surface area contributed by atoms with Gasteiger partial charge in [0.1, 0.15) is 0 Å². The van der Waals surface area contributed by atoms with Gasteiger partial charge in [0.25, 0.3) is 0 Å². The van der Waals surface area contributed by atoms with E-state index >= 15 is 0 Å². The fourth-order valence-corrected chi connectivity index (χ4v) is 4.78. The molecule has 0 spiro atoms. The number of likely N-dealkylation sites (tertiary alicyclic amines) is 1. The average molecular weight is 366 g/mol. The Morgan fingerprint density at radius 3 is 2.85 bits per heavy atom. The molecule has 0 saturated carbocycles. The van der Waals surface area contributed by atoms with E-state index in [-0.39, 0.29) is 23.9 Å². The Hall–Kier alpha value is -2.40. The molecule has 0 unspecified atom stereocenters. The van der Waals surface area contributed by atoms with E-state index in [1.165, 1.54) is 5.56 Å². The van der Waals surface area contributed by atoms with Crippen LogP contribution in [0.2, 0.25) is 0 Å². The number of nitrogens with zero attached hydrogens (tertiary/aromatic N) is 2. The molecule has 4 nitrogen and oxygen atoms in total. The van der Waals surface area contributed by atoms with E-state index in [9.17, 15) is 9.59 Å². The van der Waals surface area contributed by atoms with Crippen molar-refractivity contribution in [3.8, 4) is 0 Å². The maximum Gasteiger partial charge on any atom is 0.225 e. The Kier molecular flexibility index (Phi) is 4.64. The predicted molar refractivity (Wildman–Crippen MR) is 103 cm³/mol. The van der Waals surface area contributed by atoms with Gasteiger partial charge in [0.15, 0.2) is 0 Å². The van der Waals surface area contributed by atoms with Gasteiger partial charge in [-0.1, -0.05) is 24.3 Å². The predicted octanol–water partition coefficient (Wildman–Crippen LogP) is 4.38. The third kappa shape index (κ3) is 3.07. The van der Waals surface area contributed by atoms with Gasteiger partial charge in [0, 0.05) is 19.7 Å². The van der Waals surface area contributed by atoms with Crippen molar-refractivity contribution in [3.63, 3.8) is 0 Å². The van der Waals surface area contributed by atoms with E-state index in [4.69, 9.17) is 0 Å². The van der Waals surface area contributed by atoms with Gasteiger partial charge >= 0.3 is 0 Å². The number of carbonyl (C=O) groups excluding carboxylic acids is 2. The van der Waals surface area contributed by atoms with Crippen molar-refractivity contribution in [2.45, 2.75) is 38.3 Å². The van der Waals surface area contributed by atoms with Crippen LogP contribution < -0.4 is 0 Å². The summed E-state index contributed by atoms with van der Waals surface area (Å²) in [6, 6.07) is 10.1. The molecule has 134 valence electrons. The highest BCUT2D eigenvalue weighted by Crippen LogP contribution is 2.37. The molecule has 5 heteroatoms. The van der Waals surface area contributed by atoms with E-state index in [1.807, 2.05) is 41.4 Å². The number of rotatable bonds is 3. The van der Waals surface area contributed by atoms with Crippen LogP contribution in [0.25, 0.3) is 6.08 Å². The zero-order valence-corrected chi connectivity index (χ0v) is 15.6. The van der Waals surface area contributed by atoms with Crippen LogP contribution in [-0.2, 0) is 9.59 Å². The number of carbonyl (C=O) groups is 2. The standard InChI is InChI=1S/C21H22N2O2S/c1-15(24)22-11-8-16-5-2-3-6-18(16)20(22)13-21(25)23-10-4-7-19(23)17-9-12-26-14-17/h2-3,5-6,8-9,11-12,14,19-20H,4,7,10,13H2,1H3/t19-,20-/m1/s1. The Balaban J connectivity index is 1.59. The molecule has 2 atom stereocenters. The van der Waals surface area contributed by atoms with Crippen molar-refractivity contribution in [2.75, 3.05) is 6.54 Å². The summed E-state index contributed by atoms with van der Waals surface area (Å²) in [5.41, 5.74) is 3.36. The van der Waals surface area contributed by atoms with Crippen molar-refractivity contribution in [2.24, 2.45) is 0 Å². The highest BCUT2D eigenvalue weighted by atomic mass is 32.1. The molecular formula is C21H22N2O2S. The minimum absolute atomic E-state index is 0.0376. The van der Waals surface area contributed by atoms with Crippen molar-refractivity contribution in [3.05, 3.63) is 64.0 Å². The van der Waals surface area contributed by atoms with Gasteiger partial charge in [-0.25, -0.2) is 0 Å². The monoisotopic (exact) mass is 366 g/mol. The highest BCUT2D eigenvalue weighted by molar-refractivity contribution is 7.08. The lowest BCUT2D eigenvalue weighted by atomic mass is 9.93. The third-order valence-electron chi connectivity index (χ3n) is 5.34. The SMILES string of the molecule is CC(=O)N1C=Cc2ccccc2[C@H]1CC(=O)N1CCC[C@@H]1c1ccsc1. The molecule has 1 aromatic carbocycles. The summed E-state index contributed by atoms with van der Waals surface area (Å²) in [6.45, 7) is 2.35. The lowest BCUT2D eigenvalue weighted by Gasteiger charge is -2.34. The zero-order valence-electron chi connectivity index (χ0n) is 14.8. The maximum atomic E-state index is 13.2. The number of thiophene rings is 1. The topological polar surface area (TPSA) is 40.6 Å². The fraction of sp³-hybridized carbons (Fsp3) is 0.333. The van der Waals surface area contributed by atoms with E-state index < -0.39 is 0 Å². The van der Waals surface area contributed by atoms with Gasteiger partial charge in [0.2, 0.25) is 11.8 Å². The van der Waals surface area contributed by atoms with E-state index in [1.54, 1.807) is 23.2 Å². The summed E-state index contributed by atoms with van der Waals surface area (Å²) in [4.78, 5) is 29.0. The summed E-state index contributed by atoms with van der Waals surface area (Å²) in [7, 11) is 0. The van der Waals surface area contributed by atoms with Gasteiger partial charge in [-0.15, -0.1) is 0 Å². The molecule has 0 aliphatic carbocycles. The molecule has 1 saturated heterocycles. The largest absolute Gasteiger partial charge is 0.336 e. The van der Waals surface area contributed by atoms with Crippen molar-refractivity contribution < 1.29 is 9.59 Å². The van der Waals surface area contributed by atoms with Crippen LogP contribution in [0, 0.1) is 0 Å². The molecule has 4 rings (SSSR count). The Labute approximate surface area is 157 Å². The van der Waals surface area contributed by atoms with E-state index in [0.717, 1.165) is 30.5 Å². The van der Waals surface area contributed by atoms with Crippen LogP contribution in [0.4, 0.5) is 0 Å². The number of amides is 2. The molecule has 2 aliphatic rings. The van der Waals surface area contributed by atoms with Crippen LogP contribution in [0.3, 0.4) is 0 Å². The summed E-state index contributed by atoms with van der Waals surface area (Å²) >= 11 is 1.67. The van der Waals surface area contributed by atoms with E-state index in [0.29, 0.717) is 6.42 Å². The first-order valence-corrected chi connectivity index (χ1v) is 9.97. The first-order valence-electron chi connectivity index (χ1n) is 9.03. The minimum atomic E-state index is -0.232. The lowest BCUT2D eigenvalue weighted by molar-refractivity contribution is -0.135. The van der Waals surface area contributed by atoms with Crippen molar-refractivity contribution >= 4 is 29.2 Å². The first-order chi connectivity index (χ1) is 12.6. The van der Waals surface area contributed by atoms with Crippen LogP contribution in [-0.4, -0.2) is 28.2 Å². The van der Waals surface area contributed by atoms with Gasteiger partial charge in [-0.05, 0) is 52.4 Å². The van der Waals surface area contributed by atoms with Gasteiger partial charge in [-0.2, -0.15) is 11.3 Å². The van der Waals surface area contributed by atoms with Crippen LogP contribution >= 0.6 is 11.3 Å². The van der Waals surface area contributed by atoms with E-state index in [2.05, 4.69) is 16.8 Å². The Morgan fingerprint density at radius 1 is 1.23 bits per heavy atom. The summed E-state index contributed by atoms with van der Waals surface area (Å²) in [6.07, 6.45) is 6.12. The molecular weight excluding hydrogens is 344 g/mol. The highest BCUT2D eigenvalue weighted by Gasteiger charge is 2.34.